The number of hydrogen-bond donors (Lipinski definition) is 2. The second-order valence-corrected chi connectivity index (χ2v) is 5.44. The summed E-state index contributed by atoms with van der Waals surface area (Å²) in [5.74, 6) is 5.25. The largest absolute Gasteiger partial charge is 0.271 e. The Morgan fingerprint density at radius 1 is 1.05 bits per heavy atom. The van der Waals surface area contributed by atoms with Gasteiger partial charge >= 0.3 is 0 Å². The smallest absolute Gasteiger partial charge is 0.127 e. The van der Waals surface area contributed by atoms with Crippen LogP contribution in [0.3, 0.4) is 0 Å². The Kier molecular flexibility index (Phi) is 5.38. The summed E-state index contributed by atoms with van der Waals surface area (Å²) in [5, 5.41) is 1.10. The van der Waals surface area contributed by atoms with Crippen LogP contribution in [0.25, 0.3) is 0 Å². The molecule has 20 heavy (non-hydrogen) atoms. The van der Waals surface area contributed by atoms with Crippen molar-refractivity contribution >= 4 is 23.2 Å². The fraction of sp³-hybridized carbons (Fsp3) is 0.200. The molecule has 0 aliphatic rings. The van der Waals surface area contributed by atoms with Gasteiger partial charge in [0.05, 0.1) is 0 Å². The zero-order chi connectivity index (χ0) is 14.5. The van der Waals surface area contributed by atoms with E-state index in [4.69, 9.17) is 29.0 Å². The van der Waals surface area contributed by atoms with Crippen LogP contribution in [0, 0.1) is 5.82 Å². The van der Waals surface area contributed by atoms with Gasteiger partial charge in [0.2, 0.25) is 0 Å². The summed E-state index contributed by atoms with van der Waals surface area (Å²) in [7, 11) is 0. The van der Waals surface area contributed by atoms with E-state index in [2.05, 4.69) is 5.43 Å². The SMILES string of the molecule is NNC(Cc1ccc(Cl)cc1)Cc1c(F)cccc1Cl. The molecule has 0 radical (unpaired) electrons. The van der Waals surface area contributed by atoms with E-state index in [-0.39, 0.29) is 11.9 Å². The lowest BCUT2D eigenvalue weighted by atomic mass is 9.99. The Bertz CT molecular complexity index is 552. The maximum absolute atomic E-state index is 13.8. The second kappa shape index (κ2) is 7.04. The van der Waals surface area contributed by atoms with Crippen LogP contribution in [0.4, 0.5) is 4.39 Å². The number of hydrazine groups is 1. The Balaban J connectivity index is 2.11. The highest BCUT2D eigenvalue weighted by atomic mass is 35.5. The van der Waals surface area contributed by atoms with Crippen LogP contribution >= 0.6 is 23.2 Å². The van der Waals surface area contributed by atoms with Gasteiger partial charge in [-0.15, -0.1) is 0 Å². The first-order chi connectivity index (χ1) is 9.60. The lowest BCUT2D eigenvalue weighted by Crippen LogP contribution is -2.38. The molecule has 0 spiro atoms. The topological polar surface area (TPSA) is 38.0 Å². The van der Waals surface area contributed by atoms with Gasteiger partial charge in [0.1, 0.15) is 5.82 Å². The third-order valence-electron chi connectivity index (χ3n) is 3.14. The van der Waals surface area contributed by atoms with Gasteiger partial charge in [0.25, 0.3) is 0 Å². The first-order valence-electron chi connectivity index (χ1n) is 6.23. The van der Waals surface area contributed by atoms with Crippen molar-refractivity contribution in [2.24, 2.45) is 5.84 Å². The number of benzene rings is 2. The van der Waals surface area contributed by atoms with Gasteiger partial charge in [0.15, 0.2) is 0 Å². The van der Waals surface area contributed by atoms with E-state index in [9.17, 15) is 4.39 Å². The molecule has 0 saturated heterocycles. The lowest BCUT2D eigenvalue weighted by molar-refractivity contribution is 0.506. The van der Waals surface area contributed by atoms with Crippen LogP contribution in [0.1, 0.15) is 11.1 Å². The fourth-order valence-electron chi connectivity index (χ4n) is 2.07. The first kappa shape index (κ1) is 15.3. The van der Waals surface area contributed by atoms with E-state index in [1.54, 1.807) is 12.1 Å². The first-order valence-corrected chi connectivity index (χ1v) is 6.99. The minimum atomic E-state index is -0.311. The van der Waals surface area contributed by atoms with Crippen molar-refractivity contribution in [1.29, 1.82) is 0 Å². The van der Waals surface area contributed by atoms with Crippen molar-refractivity contribution in [3.63, 3.8) is 0 Å². The average Bonchev–Trinajstić information content (AvgIpc) is 2.44. The minimum Gasteiger partial charge on any atom is -0.271 e. The van der Waals surface area contributed by atoms with Crippen LogP contribution in [0.15, 0.2) is 42.5 Å². The molecule has 0 aromatic heterocycles. The highest BCUT2D eigenvalue weighted by Crippen LogP contribution is 2.21. The molecule has 0 heterocycles. The quantitative estimate of drug-likeness (QED) is 0.652. The van der Waals surface area contributed by atoms with Crippen LogP contribution in [0.5, 0.6) is 0 Å². The third kappa shape index (κ3) is 3.93. The van der Waals surface area contributed by atoms with Crippen LogP contribution in [0.2, 0.25) is 10.0 Å². The van der Waals surface area contributed by atoms with Gasteiger partial charge in [-0.05, 0) is 42.7 Å². The number of rotatable bonds is 5. The summed E-state index contributed by atoms with van der Waals surface area (Å²) in [5.41, 5.74) is 4.26. The van der Waals surface area contributed by atoms with Crippen LogP contribution < -0.4 is 11.3 Å². The molecule has 0 bridgehead atoms. The molecule has 0 amide bonds. The molecule has 0 aliphatic carbocycles. The van der Waals surface area contributed by atoms with E-state index in [0.29, 0.717) is 28.5 Å². The van der Waals surface area contributed by atoms with Crippen molar-refractivity contribution in [2.45, 2.75) is 18.9 Å². The number of hydrogen-bond acceptors (Lipinski definition) is 2. The molecular formula is C15H15Cl2FN2. The number of nitrogens with one attached hydrogen (secondary N) is 1. The summed E-state index contributed by atoms with van der Waals surface area (Å²) in [4.78, 5) is 0. The zero-order valence-corrected chi connectivity index (χ0v) is 12.3. The highest BCUT2D eigenvalue weighted by molar-refractivity contribution is 6.31. The molecular weight excluding hydrogens is 298 g/mol. The van der Waals surface area contributed by atoms with E-state index >= 15 is 0 Å². The summed E-state index contributed by atoms with van der Waals surface area (Å²) >= 11 is 11.9. The molecule has 5 heteroatoms. The molecule has 1 unspecified atom stereocenters. The molecule has 2 rings (SSSR count). The minimum absolute atomic E-state index is 0.106. The summed E-state index contributed by atoms with van der Waals surface area (Å²) in [6.45, 7) is 0. The van der Waals surface area contributed by atoms with E-state index in [0.717, 1.165) is 5.56 Å². The average molecular weight is 313 g/mol. The molecule has 2 aromatic carbocycles. The number of halogens is 3. The van der Waals surface area contributed by atoms with Gasteiger partial charge < -0.3 is 0 Å². The Morgan fingerprint density at radius 2 is 1.75 bits per heavy atom. The molecule has 106 valence electrons. The van der Waals surface area contributed by atoms with Crippen molar-refractivity contribution in [1.82, 2.24) is 5.43 Å². The standard InChI is InChI=1S/C15H15Cl2FN2/c16-11-6-4-10(5-7-11)8-12(20-19)9-13-14(17)2-1-3-15(13)18/h1-7,12,20H,8-9,19H2. The Morgan fingerprint density at radius 3 is 2.35 bits per heavy atom. The monoisotopic (exact) mass is 312 g/mol. The van der Waals surface area contributed by atoms with Gasteiger partial charge in [-0.3, -0.25) is 11.3 Å². The third-order valence-corrected chi connectivity index (χ3v) is 3.75. The van der Waals surface area contributed by atoms with E-state index in [1.807, 2.05) is 24.3 Å². The van der Waals surface area contributed by atoms with Crippen molar-refractivity contribution in [3.8, 4) is 0 Å². The van der Waals surface area contributed by atoms with Crippen molar-refractivity contribution < 1.29 is 4.39 Å². The molecule has 2 nitrogen and oxygen atoms in total. The Hall–Kier alpha value is -1.13. The van der Waals surface area contributed by atoms with Crippen molar-refractivity contribution in [2.75, 3.05) is 0 Å². The summed E-state index contributed by atoms with van der Waals surface area (Å²) in [6.07, 6.45) is 1.09. The molecule has 0 aliphatic heterocycles. The van der Waals surface area contributed by atoms with Crippen LogP contribution in [-0.2, 0) is 12.8 Å². The highest BCUT2D eigenvalue weighted by Gasteiger charge is 2.14. The fourth-order valence-corrected chi connectivity index (χ4v) is 2.43. The van der Waals surface area contributed by atoms with Gasteiger partial charge in [-0.25, -0.2) is 4.39 Å². The van der Waals surface area contributed by atoms with E-state index < -0.39 is 0 Å². The van der Waals surface area contributed by atoms with Gasteiger partial charge in [0, 0.05) is 21.7 Å². The van der Waals surface area contributed by atoms with Gasteiger partial charge in [-0.1, -0.05) is 41.4 Å². The summed E-state index contributed by atoms with van der Waals surface area (Å²) < 4.78 is 13.8. The normalized spacial score (nSPS) is 12.4. The van der Waals surface area contributed by atoms with Crippen molar-refractivity contribution in [3.05, 3.63) is 69.5 Å². The second-order valence-electron chi connectivity index (χ2n) is 4.60. The molecule has 3 N–H and O–H groups in total. The molecule has 0 fully saturated rings. The lowest BCUT2D eigenvalue weighted by Gasteiger charge is -2.17. The van der Waals surface area contributed by atoms with Crippen LogP contribution in [-0.4, -0.2) is 6.04 Å². The zero-order valence-electron chi connectivity index (χ0n) is 10.7. The molecule has 1 atom stereocenters. The summed E-state index contributed by atoms with van der Waals surface area (Å²) in [6, 6.07) is 12.1. The van der Waals surface area contributed by atoms with E-state index in [1.165, 1.54) is 6.07 Å². The van der Waals surface area contributed by atoms with Gasteiger partial charge in [-0.2, -0.15) is 0 Å². The predicted molar refractivity (Wildman–Crippen MR) is 81.4 cm³/mol. The molecule has 2 aromatic rings. The maximum Gasteiger partial charge on any atom is 0.127 e. The maximum atomic E-state index is 13.8. The Labute approximate surface area is 127 Å². The predicted octanol–water partition coefficient (Wildman–Crippen LogP) is 3.75. The number of nitrogens with two attached hydrogens (primary N) is 1. The molecule has 0 saturated carbocycles.